The topological polar surface area (TPSA) is 41.4 Å². The van der Waals surface area contributed by atoms with Crippen molar-refractivity contribution in [1.82, 2.24) is 19.6 Å². The van der Waals surface area contributed by atoms with Gasteiger partial charge >= 0.3 is 6.18 Å². The molecular weight excluding hydrogens is 309 g/mol. The van der Waals surface area contributed by atoms with E-state index in [4.69, 9.17) is 0 Å². The highest BCUT2D eigenvalue weighted by Gasteiger charge is 2.37. The molecule has 0 unspecified atom stereocenters. The van der Waals surface area contributed by atoms with Gasteiger partial charge < -0.3 is 4.90 Å². The van der Waals surface area contributed by atoms with E-state index in [0.29, 0.717) is 24.8 Å². The second-order valence-corrected chi connectivity index (χ2v) is 6.41. The van der Waals surface area contributed by atoms with Crippen molar-refractivity contribution in [3.8, 4) is 0 Å². The minimum Gasteiger partial charge on any atom is -0.338 e. The van der Waals surface area contributed by atoms with Gasteiger partial charge in [-0.25, -0.2) is 0 Å². The molecule has 2 aliphatic heterocycles. The van der Waals surface area contributed by atoms with Gasteiger partial charge in [0.2, 0.25) is 5.91 Å². The van der Waals surface area contributed by atoms with E-state index >= 15 is 0 Å². The molecule has 0 bridgehead atoms. The molecule has 3 heterocycles. The van der Waals surface area contributed by atoms with Gasteiger partial charge in [0.25, 0.3) is 0 Å². The van der Waals surface area contributed by atoms with Crippen LogP contribution in [0.4, 0.5) is 13.2 Å². The summed E-state index contributed by atoms with van der Waals surface area (Å²) in [7, 11) is 0. The number of carbonyl (C=O) groups is 1. The van der Waals surface area contributed by atoms with Crippen molar-refractivity contribution in [2.45, 2.75) is 44.9 Å². The Balaban J connectivity index is 1.73. The van der Waals surface area contributed by atoms with Crippen molar-refractivity contribution in [1.29, 1.82) is 0 Å². The molecule has 0 aliphatic carbocycles. The van der Waals surface area contributed by atoms with Crippen molar-refractivity contribution in [2.75, 3.05) is 26.2 Å². The van der Waals surface area contributed by atoms with Crippen molar-refractivity contribution >= 4 is 5.91 Å². The Morgan fingerprint density at radius 3 is 2.74 bits per heavy atom. The molecule has 0 radical (unpaired) electrons. The number of piperazine rings is 1. The monoisotopic (exact) mass is 330 g/mol. The minimum absolute atomic E-state index is 0.156. The quantitative estimate of drug-likeness (QED) is 0.834. The molecule has 3 rings (SSSR count). The molecule has 2 aliphatic rings. The number of amides is 1. The summed E-state index contributed by atoms with van der Waals surface area (Å²) in [5.41, 5.74) is -0.604. The first-order chi connectivity index (χ1) is 10.8. The lowest BCUT2D eigenvalue weighted by molar-refractivity contribution is -0.143. The third-order valence-corrected chi connectivity index (χ3v) is 4.84. The van der Waals surface area contributed by atoms with Crippen molar-refractivity contribution in [3.63, 3.8) is 0 Å². The summed E-state index contributed by atoms with van der Waals surface area (Å²) in [6, 6.07) is 0.655. The molecule has 128 valence electrons. The Labute approximate surface area is 133 Å². The zero-order chi connectivity index (χ0) is 16.8. The minimum atomic E-state index is -4.49. The highest BCUT2D eigenvalue weighted by molar-refractivity contribution is 5.80. The highest BCUT2D eigenvalue weighted by Crippen LogP contribution is 2.30. The Morgan fingerprint density at radius 1 is 1.35 bits per heavy atom. The molecule has 23 heavy (non-hydrogen) atoms. The number of fused-ring (bicyclic) bond motifs is 1. The molecule has 1 amide bonds. The summed E-state index contributed by atoms with van der Waals surface area (Å²) in [5.74, 6) is -0.156. The van der Waals surface area contributed by atoms with E-state index in [1.165, 1.54) is 4.68 Å². The molecular formula is C15H21F3N4O. The van der Waals surface area contributed by atoms with Crippen LogP contribution in [-0.2, 0) is 11.0 Å². The van der Waals surface area contributed by atoms with E-state index in [2.05, 4.69) is 10.00 Å². The number of halogens is 3. The highest BCUT2D eigenvalue weighted by atomic mass is 19.4. The number of carbonyl (C=O) groups excluding carboxylic acids is 1. The molecule has 0 aromatic carbocycles. The average molecular weight is 330 g/mol. The molecule has 2 saturated heterocycles. The number of aromatic nitrogens is 2. The average Bonchev–Trinajstić information content (AvgIpc) is 3.10. The van der Waals surface area contributed by atoms with Crippen LogP contribution in [0.15, 0.2) is 6.07 Å². The number of hydrogen-bond acceptors (Lipinski definition) is 3. The van der Waals surface area contributed by atoms with Gasteiger partial charge in [-0.05, 0) is 39.3 Å². The molecule has 2 fully saturated rings. The van der Waals surface area contributed by atoms with Crippen LogP contribution < -0.4 is 0 Å². The Kier molecular flexibility index (Phi) is 4.12. The first-order valence-corrected chi connectivity index (χ1v) is 7.93. The Bertz CT molecular complexity index is 598. The lowest BCUT2D eigenvalue weighted by atomic mass is 10.1. The van der Waals surface area contributed by atoms with E-state index in [1.807, 2.05) is 0 Å². The van der Waals surface area contributed by atoms with Crippen LogP contribution in [0.5, 0.6) is 0 Å². The van der Waals surface area contributed by atoms with Crippen molar-refractivity contribution in [3.05, 3.63) is 17.5 Å². The van der Waals surface area contributed by atoms with Crippen LogP contribution in [-0.4, -0.2) is 57.7 Å². The molecule has 5 nitrogen and oxygen atoms in total. The van der Waals surface area contributed by atoms with Crippen LogP contribution in [0.1, 0.15) is 37.2 Å². The van der Waals surface area contributed by atoms with Gasteiger partial charge in [0.05, 0.1) is 0 Å². The maximum Gasteiger partial charge on any atom is 0.435 e. The van der Waals surface area contributed by atoms with Gasteiger partial charge in [-0.2, -0.15) is 18.3 Å². The fraction of sp³-hybridized carbons (Fsp3) is 0.733. The second-order valence-electron chi connectivity index (χ2n) is 6.41. The molecule has 2 atom stereocenters. The maximum atomic E-state index is 12.8. The van der Waals surface area contributed by atoms with E-state index in [1.54, 1.807) is 18.7 Å². The predicted octanol–water partition coefficient (Wildman–Crippen LogP) is 2.08. The fourth-order valence-electron chi connectivity index (χ4n) is 3.58. The SMILES string of the molecule is Cc1cc(C(F)(F)F)nn1[C@H](C)C(=O)N1CCN2CCC[C@H]2C1. The smallest absolute Gasteiger partial charge is 0.338 e. The first kappa shape index (κ1) is 16.3. The standard InChI is InChI=1S/C15H21F3N4O/c1-10-8-13(15(16,17)18)19-22(10)11(2)14(23)21-7-6-20-5-3-4-12(20)9-21/h8,11-12H,3-7,9H2,1-2H3/t11-,12+/m1/s1. The van der Waals surface area contributed by atoms with Crippen LogP contribution in [0.2, 0.25) is 0 Å². The maximum absolute atomic E-state index is 12.8. The lowest BCUT2D eigenvalue weighted by Gasteiger charge is -2.38. The third kappa shape index (κ3) is 3.08. The van der Waals surface area contributed by atoms with Gasteiger partial charge in [-0.3, -0.25) is 14.4 Å². The van der Waals surface area contributed by atoms with E-state index in [-0.39, 0.29) is 5.91 Å². The summed E-state index contributed by atoms with van der Waals surface area (Å²) in [5, 5.41) is 3.60. The number of alkyl halides is 3. The zero-order valence-electron chi connectivity index (χ0n) is 13.3. The Hall–Kier alpha value is -1.57. The molecule has 0 saturated carbocycles. The van der Waals surface area contributed by atoms with Crippen molar-refractivity contribution < 1.29 is 18.0 Å². The summed E-state index contributed by atoms with van der Waals surface area (Å²) >= 11 is 0. The van der Waals surface area contributed by atoms with Crippen LogP contribution >= 0.6 is 0 Å². The van der Waals surface area contributed by atoms with Gasteiger partial charge in [0, 0.05) is 31.4 Å². The third-order valence-electron chi connectivity index (χ3n) is 4.84. The fourth-order valence-corrected chi connectivity index (χ4v) is 3.58. The summed E-state index contributed by atoms with van der Waals surface area (Å²) in [6.07, 6.45) is -2.26. The number of hydrogen-bond donors (Lipinski definition) is 0. The van der Waals surface area contributed by atoms with Crippen molar-refractivity contribution in [2.24, 2.45) is 0 Å². The molecule has 1 aromatic heterocycles. The molecule has 8 heteroatoms. The van der Waals surface area contributed by atoms with Crippen LogP contribution in [0.25, 0.3) is 0 Å². The number of nitrogens with zero attached hydrogens (tertiary/aromatic N) is 4. The Morgan fingerprint density at radius 2 is 2.09 bits per heavy atom. The molecule has 0 N–H and O–H groups in total. The first-order valence-electron chi connectivity index (χ1n) is 7.93. The summed E-state index contributed by atoms with van der Waals surface area (Å²) < 4.78 is 39.5. The van der Waals surface area contributed by atoms with Gasteiger partial charge in [-0.1, -0.05) is 0 Å². The van der Waals surface area contributed by atoms with Gasteiger partial charge in [-0.15, -0.1) is 0 Å². The van der Waals surface area contributed by atoms with Crippen LogP contribution in [0, 0.1) is 6.92 Å². The molecule has 0 spiro atoms. The summed E-state index contributed by atoms with van der Waals surface area (Å²) in [4.78, 5) is 16.8. The van der Waals surface area contributed by atoms with E-state index < -0.39 is 17.9 Å². The normalized spacial score (nSPS) is 23.9. The second kappa shape index (κ2) is 5.81. The van der Waals surface area contributed by atoms with Gasteiger partial charge in [0.1, 0.15) is 6.04 Å². The predicted molar refractivity (Wildman–Crippen MR) is 77.9 cm³/mol. The zero-order valence-corrected chi connectivity index (χ0v) is 13.3. The number of aryl methyl sites for hydroxylation is 1. The summed E-state index contributed by atoms with van der Waals surface area (Å²) in [6.45, 7) is 6.37. The van der Waals surface area contributed by atoms with E-state index in [9.17, 15) is 18.0 Å². The lowest BCUT2D eigenvalue weighted by Crippen LogP contribution is -2.53. The van der Waals surface area contributed by atoms with E-state index in [0.717, 1.165) is 32.0 Å². The molecule has 1 aromatic rings. The van der Waals surface area contributed by atoms with Gasteiger partial charge in [0.15, 0.2) is 5.69 Å². The van der Waals surface area contributed by atoms with Crippen LogP contribution in [0.3, 0.4) is 0 Å². The largest absolute Gasteiger partial charge is 0.435 e. The number of rotatable bonds is 2.